The number of sulfonamides is 1. The fraction of sp³-hybridized carbons (Fsp3) is 0.286. The third-order valence-corrected chi connectivity index (χ3v) is 7.41. The van der Waals surface area contributed by atoms with Gasteiger partial charge in [-0.1, -0.05) is 90.8 Å². The highest BCUT2D eigenvalue weighted by atomic mass is 35.5. The van der Waals surface area contributed by atoms with Gasteiger partial charge < -0.3 is 10.2 Å². The molecule has 0 radical (unpaired) electrons. The maximum Gasteiger partial charge on any atom is 0.244 e. The van der Waals surface area contributed by atoms with E-state index in [-0.39, 0.29) is 34.6 Å². The third kappa shape index (κ3) is 8.48. The Hall–Kier alpha value is -3.07. The third-order valence-electron chi connectivity index (χ3n) is 5.83. The fourth-order valence-corrected chi connectivity index (χ4v) is 5.34. The summed E-state index contributed by atoms with van der Waals surface area (Å²) in [5.74, 6) is -0.848. The molecule has 0 saturated carbocycles. The van der Waals surface area contributed by atoms with Gasteiger partial charge in [0, 0.05) is 29.6 Å². The molecule has 0 aliphatic rings. The molecule has 3 aromatic carbocycles. The first-order chi connectivity index (χ1) is 18.1. The highest BCUT2D eigenvalue weighted by Crippen LogP contribution is 2.27. The van der Waals surface area contributed by atoms with Crippen LogP contribution in [0.5, 0.6) is 0 Å². The van der Waals surface area contributed by atoms with Crippen molar-refractivity contribution >= 4 is 50.7 Å². The number of halogens is 2. The second kappa shape index (κ2) is 13.6. The Morgan fingerprint density at radius 3 is 1.97 bits per heavy atom. The molecule has 202 valence electrons. The van der Waals surface area contributed by atoms with Gasteiger partial charge in [-0.2, -0.15) is 0 Å². The smallest absolute Gasteiger partial charge is 0.244 e. The Bertz CT molecular complexity index is 1320. The lowest BCUT2D eigenvalue weighted by molar-refractivity contribution is -0.140. The van der Waals surface area contributed by atoms with Crippen LogP contribution in [0.15, 0.2) is 78.9 Å². The number of carbonyl (C=O) groups is 2. The van der Waals surface area contributed by atoms with Crippen molar-refractivity contribution in [1.29, 1.82) is 0 Å². The van der Waals surface area contributed by atoms with Crippen LogP contribution in [0.25, 0.3) is 0 Å². The van der Waals surface area contributed by atoms with Crippen LogP contribution < -0.4 is 9.62 Å². The summed E-state index contributed by atoms with van der Waals surface area (Å²) in [5, 5.41) is 3.37. The van der Waals surface area contributed by atoms with E-state index in [1.54, 1.807) is 0 Å². The van der Waals surface area contributed by atoms with Crippen molar-refractivity contribution in [2.24, 2.45) is 0 Å². The molecule has 10 heteroatoms. The average Bonchev–Trinajstić information content (AvgIpc) is 2.87. The maximum absolute atomic E-state index is 13.9. The molecule has 0 spiro atoms. The summed E-state index contributed by atoms with van der Waals surface area (Å²) in [4.78, 5) is 28.8. The molecular formula is C28H31Cl2N3O4S. The minimum atomic E-state index is -3.90. The summed E-state index contributed by atoms with van der Waals surface area (Å²) in [6.45, 7) is 1.98. The van der Waals surface area contributed by atoms with Crippen LogP contribution in [-0.2, 0) is 32.6 Å². The number of nitrogens with one attached hydrogen (secondary N) is 1. The zero-order valence-corrected chi connectivity index (χ0v) is 23.6. The van der Waals surface area contributed by atoms with Gasteiger partial charge in [0.2, 0.25) is 21.8 Å². The number of hydrogen-bond acceptors (Lipinski definition) is 4. The first-order valence-electron chi connectivity index (χ1n) is 12.2. The molecular weight excluding hydrogens is 545 g/mol. The van der Waals surface area contributed by atoms with Crippen molar-refractivity contribution in [1.82, 2.24) is 10.2 Å². The summed E-state index contributed by atoms with van der Waals surface area (Å²) < 4.78 is 26.5. The predicted molar refractivity (Wildman–Crippen MR) is 153 cm³/mol. The summed E-state index contributed by atoms with van der Waals surface area (Å²) in [5.41, 5.74) is 1.84. The number of rotatable bonds is 12. The second-order valence-electron chi connectivity index (χ2n) is 8.90. The van der Waals surface area contributed by atoms with Gasteiger partial charge >= 0.3 is 0 Å². The topological polar surface area (TPSA) is 86.8 Å². The Morgan fingerprint density at radius 2 is 1.45 bits per heavy atom. The summed E-state index contributed by atoms with van der Waals surface area (Å²) in [6.07, 6.45) is 2.00. The van der Waals surface area contributed by atoms with E-state index in [0.717, 1.165) is 28.1 Å². The van der Waals surface area contributed by atoms with Gasteiger partial charge in [-0.3, -0.25) is 13.9 Å². The van der Waals surface area contributed by atoms with Crippen LogP contribution in [0.4, 0.5) is 5.69 Å². The molecule has 0 aromatic heterocycles. The van der Waals surface area contributed by atoms with Crippen molar-refractivity contribution in [2.75, 3.05) is 23.7 Å². The number of nitrogens with zero attached hydrogens (tertiary/aromatic N) is 2. The van der Waals surface area contributed by atoms with E-state index in [1.165, 1.54) is 23.1 Å². The van der Waals surface area contributed by atoms with Crippen molar-refractivity contribution in [3.05, 3.63) is 100 Å². The monoisotopic (exact) mass is 575 g/mol. The molecule has 0 unspecified atom stereocenters. The van der Waals surface area contributed by atoms with E-state index in [9.17, 15) is 18.0 Å². The van der Waals surface area contributed by atoms with E-state index in [4.69, 9.17) is 23.2 Å². The minimum Gasteiger partial charge on any atom is -0.354 e. The largest absolute Gasteiger partial charge is 0.354 e. The summed E-state index contributed by atoms with van der Waals surface area (Å²) in [6, 6.07) is 22.1. The van der Waals surface area contributed by atoms with E-state index < -0.39 is 28.5 Å². The van der Waals surface area contributed by atoms with Crippen molar-refractivity contribution in [3.8, 4) is 0 Å². The molecule has 0 aliphatic heterocycles. The van der Waals surface area contributed by atoms with Gasteiger partial charge in [-0.15, -0.1) is 0 Å². The van der Waals surface area contributed by atoms with Gasteiger partial charge in [0.1, 0.15) is 12.6 Å². The van der Waals surface area contributed by atoms with Crippen LogP contribution in [-0.4, -0.2) is 50.5 Å². The van der Waals surface area contributed by atoms with Gasteiger partial charge in [-0.25, -0.2) is 8.42 Å². The Balaban J connectivity index is 2.04. The molecule has 3 rings (SSSR count). The van der Waals surface area contributed by atoms with E-state index >= 15 is 0 Å². The van der Waals surface area contributed by atoms with Crippen molar-refractivity contribution in [2.45, 2.75) is 32.4 Å². The Labute approximate surface area is 234 Å². The molecule has 0 fully saturated rings. The zero-order valence-electron chi connectivity index (χ0n) is 21.3. The molecule has 2 amide bonds. The number of carbonyl (C=O) groups excluding carboxylic acids is 2. The number of anilines is 1. The zero-order chi connectivity index (χ0) is 27.7. The number of benzene rings is 3. The van der Waals surface area contributed by atoms with Gasteiger partial charge in [0.15, 0.2) is 0 Å². The summed E-state index contributed by atoms with van der Waals surface area (Å²) >= 11 is 12.3. The van der Waals surface area contributed by atoms with Crippen LogP contribution in [0.3, 0.4) is 0 Å². The van der Waals surface area contributed by atoms with Gasteiger partial charge in [-0.05, 0) is 35.7 Å². The van der Waals surface area contributed by atoms with Crippen LogP contribution in [0.2, 0.25) is 10.0 Å². The highest BCUT2D eigenvalue weighted by molar-refractivity contribution is 7.92. The molecule has 7 nitrogen and oxygen atoms in total. The lowest BCUT2D eigenvalue weighted by Gasteiger charge is -2.33. The lowest BCUT2D eigenvalue weighted by Crippen LogP contribution is -2.53. The second-order valence-corrected chi connectivity index (χ2v) is 11.7. The molecule has 1 atom stereocenters. The quantitative estimate of drug-likeness (QED) is 0.332. The first-order valence-corrected chi connectivity index (χ1v) is 14.8. The molecule has 1 N–H and O–H groups in total. The molecule has 0 heterocycles. The van der Waals surface area contributed by atoms with Crippen LogP contribution >= 0.6 is 23.2 Å². The van der Waals surface area contributed by atoms with E-state index in [0.29, 0.717) is 6.54 Å². The lowest BCUT2D eigenvalue weighted by atomic mass is 10.0. The van der Waals surface area contributed by atoms with Crippen molar-refractivity contribution < 1.29 is 18.0 Å². The standard InChI is InChI=1S/C28H31Cl2N3O4S/c1-3-14-31-28(35)26(15-21-10-6-4-7-11-21)32(19-22-12-8-5-9-13-22)27(34)20-33(38(2,36)37)25-17-23(29)16-24(30)18-25/h4-13,16-18,26H,3,14-15,19-20H2,1-2H3,(H,31,35)/t26-/m0/s1. The Morgan fingerprint density at radius 1 is 0.895 bits per heavy atom. The van der Waals surface area contributed by atoms with Crippen LogP contribution in [0, 0.1) is 0 Å². The van der Waals surface area contributed by atoms with Crippen LogP contribution in [0.1, 0.15) is 24.5 Å². The molecule has 0 aliphatic carbocycles. The van der Waals surface area contributed by atoms with Gasteiger partial charge in [0.25, 0.3) is 0 Å². The average molecular weight is 577 g/mol. The Kier molecular flexibility index (Phi) is 10.6. The van der Waals surface area contributed by atoms with E-state index in [2.05, 4.69) is 5.32 Å². The molecule has 3 aromatic rings. The fourth-order valence-electron chi connectivity index (χ4n) is 4.00. The minimum absolute atomic E-state index is 0.116. The molecule has 0 bridgehead atoms. The number of hydrogen-bond donors (Lipinski definition) is 1. The SMILES string of the molecule is CCCNC(=O)[C@H](Cc1ccccc1)N(Cc1ccccc1)C(=O)CN(c1cc(Cl)cc(Cl)c1)S(C)(=O)=O. The maximum atomic E-state index is 13.9. The predicted octanol–water partition coefficient (Wildman–Crippen LogP) is 4.93. The number of amides is 2. The van der Waals surface area contributed by atoms with E-state index in [1.807, 2.05) is 67.6 Å². The molecule has 38 heavy (non-hydrogen) atoms. The first kappa shape index (κ1) is 29.5. The highest BCUT2D eigenvalue weighted by Gasteiger charge is 2.33. The normalized spacial score (nSPS) is 12.0. The van der Waals surface area contributed by atoms with Gasteiger partial charge in [0.05, 0.1) is 11.9 Å². The molecule has 0 saturated heterocycles. The summed E-state index contributed by atoms with van der Waals surface area (Å²) in [7, 11) is -3.90. The van der Waals surface area contributed by atoms with Crippen molar-refractivity contribution in [3.63, 3.8) is 0 Å².